The fourth-order valence-electron chi connectivity index (χ4n) is 3.36. The second kappa shape index (κ2) is 8.17. The van der Waals surface area contributed by atoms with Gasteiger partial charge in [0.05, 0.1) is 20.6 Å². The molecule has 0 fully saturated rings. The zero-order valence-corrected chi connectivity index (χ0v) is 18.9. The molecule has 0 aliphatic rings. The predicted molar refractivity (Wildman–Crippen MR) is 128 cm³/mol. The first kappa shape index (κ1) is 20.3. The molecule has 0 spiro atoms. The first-order chi connectivity index (χ1) is 15.0. The standard InChI is InChI=1S/C23H13Cl3N2O2S/c24-15-9-14(21(17(26)11-15)30-12-13-5-1-2-6-16(13)25)10-20-22(29)28-19-8-4-3-7-18(19)27-23(28)31-20/h1-11H,12H2/b20-10-. The number of fused-ring (bicyclic) bond motifs is 3. The van der Waals surface area contributed by atoms with Crippen LogP contribution in [0, 0.1) is 0 Å². The summed E-state index contributed by atoms with van der Waals surface area (Å²) in [7, 11) is 0. The summed E-state index contributed by atoms with van der Waals surface area (Å²) in [5, 5.41) is 1.40. The van der Waals surface area contributed by atoms with E-state index in [1.165, 1.54) is 11.3 Å². The maximum atomic E-state index is 13.1. The molecule has 0 bridgehead atoms. The molecule has 0 amide bonds. The fourth-order valence-corrected chi connectivity index (χ4v) is 5.09. The highest BCUT2D eigenvalue weighted by molar-refractivity contribution is 7.15. The van der Waals surface area contributed by atoms with E-state index in [1.807, 2.05) is 42.5 Å². The van der Waals surface area contributed by atoms with Gasteiger partial charge < -0.3 is 4.74 Å². The summed E-state index contributed by atoms with van der Waals surface area (Å²) in [6.07, 6.45) is 1.73. The van der Waals surface area contributed by atoms with Crippen LogP contribution in [0.3, 0.4) is 0 Å². The molecule has 4 nitrogen and oxygen atoms in total. The maximum Gasteiger partial charge on any atom is 0.274 e. The van der Waals surface area contributed by atoms with Gasteiger partial charge in [-0.3, -0.25) is 4.79 Å². The minimum atomic E-state index is -0.151. The van der Waals surface area contributed by atoms with E-state index >= 15 is 0 Å². The summed E-state index contributed by atoms with van der Waals surface area (Å²) in [5.74, 6) is 0.432. The van der Waals surface area contributed by atoms with Crippen LogP contribution in [0.1, 0.15) is 11.1 Å². The van der Waals surface area contributed by atoms with Crippen molar-refractivity contribution >= 4 is 68.2 Å². The highest BCUT2D eigenvalue weighted by atomic mass is 35.5. The topological polar surface area (TPSA) is 43.6 Å². The van der Waals surface area contributed by atoms with Crippen molar-refractivity contribution in [2.24, 2.45) is 0 Å². The number of hydrogen-bond acceptors (Lipinski definition) is 4. The van der Waals surface area contributed by atoms with Gasteiger partial charge in [0, 0.05) is 21.2 Å². The van der Waals surface area contributed by atoms with Crippen LogP contribution in [0.25, 0.3) is 22.1 Å². The Kier molecular flexibility index (Phi) is 5.36. The monoisotopic (exact) mass is 486 g/mol. The van der Waals surface area contributed by atoms with Gasteiger partial charge in [-0.25, -0.2) is 9.38 Å². The smallest absolute Gasteiger partial charge is 0.274 e. The highest BCUT2D eigenvalue weighted by Crippen LogP contribution is 2.34. The van der Waals surface area contributed by atoms with E-state index in [9.17, 15) is 4.79 Å². The SMILES string of the molecule is O=c1/c(=C/c2cc(Cl)cc(Cl)c2OCc2ccccc2Cl)sc2nc3ccccc3n12. The molecular formula is C23H13Cl3N2O2S. The van der Waals surface area contributed by atoms with Crippen LogP contribution in [0.2, 0.25) is 15.1 Å². The van der Waals surface area contributed by atoms with Crippen molar-refractivity contribution in [3.63, 3.8) is 0 Å². The lowest BCUT2D eigenvalue weighted by atomic mass is 10.2. The van der Waals surface area contributed by atoms with Gasteiger partial charge in [0.1, 0.15) is 12.4 Å². The van der Waals surface area contributed by atoms with Gasteiger partial charge in [-0.15, -0.1) is 0 Å². The van der Waals surface area contributed by atoms with Gasteiger partial charge in [-0.1, -0.05) is 76.5 Å². The average Bonchev–Trinajstić information content (AvgIpc) is 3.25. The molecule has 3 aromatic carbocycles. The Bertz CT molecular complexity index is 1560. The molecule has 0 N–H and O–H groups in total. The second-order valence-electron chi connectivity index (χ2n) is 6.82. The Morgan fingerprint density at radius 1 is 1.00 bits per heavy atom. The molecule has 0 unspecified atom stereocenters. The van der Waals surface area contributed by atoms with Crippen molar-refractivity contribution in [2.45, 2.75) is 6.61 Å². The van der Waals surface area contributed by atoms with Gasteiger partial charge in [0.25, 0.3) is 5.56 Å². The minimum absolute atomic E-state index is 0.151. The Hall–Kier alpha value is -2.57. The van der Waals surface area contributed by atoms with Crippen molar-refractivity contribution in [1.29, 1.82) is 0 Å². The zero-order chi connectivity index (χ0) is 21.5. The molecule has 154 valence electrons. The van der Waals surface area contributed by atoms with Gasteiger partial charge >= 0.3 is 0 Å². The number of benzene rings is 3. The third-order valence-corrected chi connectivity index (χ3v) is 6.64. The molecule has 0 saturated heterocycles. The molecular weight excluding hydrogens is 475 g/mol. The van der Waals surface area contributed by atoms with Crippen LogP contribution in [-0.2, 0) is 6.61 Å². The lowest BCUT2D eigenvalue weighted by Gasteiger charge is -2.12. The summed E-state index contributed by atoms with van der Waals surface area (Å²) in [6.45, 7) is 0.227. The minimum Gasteiger partial charge on any atom is -0.487 e. The van der Waals surface area contributed by atoms with E-state index in [4.69, 9.17) is 39.5 Å². The lowest BCUT2D eigenvalue weighted by Crippen LogP contribution is -2.22. The molecule has 5 aromatic rings. The number of ether oxygens (including phenoxy) is 1. The number of halogens is 3. The van der Waals surface area contributed by atoms with Gasteiger partial charge in [-0.2, -0.15) is 0 Å². The molecule has 2 heterocycles. The Labute approximate surface area is 195 Å². The summed E-state index contributed by atoms with van der Waals surface area (Å²) in [4.78, 5) is 18.3. The van der Waals surface area contributed by atoms with Crippen LogP contribution in [0.15, 0.2) is 65.5 Å². The first-order valence-corrected chi connectivity index (χ1v) is 11.2. The summed E-state index contributed by atoms with van der Waals surface area (Å²) in [5.41, 5.74) is 2.84. The molecule has 31 heavy (non-hydrogen) atoms. The number of thiazole rings is 1. The predicted octanol–water partition coefficient (Wildman–Crippen LogP) is 6.00. The van der Waals surface area contributed by atoms with Crippen LogP contribution in [0.5, 0.6) is 5.75 Å². The molecule has 0 aliphatic heterocycles. The molecule has 0 aliphatic carbocycles. The van der Waals surface area contributed by atoms with E-state index in [0.29, 0.717) is 35.9 Å². The van der Waals surface area contributed by atoms with Crippen LogP contribution >= 0.6 is 46.1 Å². The molecule has 0 atom stereocenters. The van der Waals surface area contributed by atoms with E-state index in [1.54, 1.807) is 28.7 Å². The van der Waals surface area contributed by atoms with E-state index in [-0.39, 0.29) is 12.2 Å². The van der Waals surface area contributed by atoms with Crippen molar-refractivity contribution in [1.82, 2.24) is 9.38 Å². The van der Waals surface area contributed by atoms with E-state index in [2.05, 4.69) is 4.98 Å². The summed E-state index contributed by atoms with van der Waals surface area (Å²) >= 11 is 20.2. The normalized spacial score (nSPS) is 12.2. The van der Waals surface area contributed by atoms with Crippen molar-refractivity contribution in [2.75, 3.05) is 0 Å². The molecule has 0 radical (unpaired) electrons. The highest BCUT2D eigenvalue weighted by Gasteiger charge is 2.14. The maximum absolute atomic E-state index is 13.1. The Balaban J connectivity index is 1.62. The van der Waals surface area contributed by atoms with Gasteiger partial charge in [-0.05, 0) is 36.4 Å². The van der Waals surface area contributed by atoms with Gasteiger partial charge in [0.15, 0.2) is 4.96 Å². The third-order valence-electron chi connectivity index (χ3n) is 4.80. The van der Waals surface area contributed by atoms with E-state index < -0.39 is 0 Å². The van der Waals surface area contributed by atoms with Crippen molar-refractivity contribution in [3.05, 3.63) is 102 Å². The summed E-state index contributed by atoms with van der Waals surface area (Å²) < 4.78 is 8.12. The number of hydrogen-bond donors (Lipinski definition) is 0. The zero-order valence-electron chi connectivity index (χ0n) is 15.8. The molecule has 8 heteroatoms. The average molecular weight is 488 g/mol. The van der Waals surface area contributed by atoms with Crippen LogP contribution < -0.4 is 14.8 Å². The van der Waals surface area contributed by atoms with Gasteiger partial charge in [0.2, 0.25) is 0 Å². The number of aromatic nitrogens is 2. The number of rotatable bonds is 4. The second-order valence-corrected chi connectivity index (χ2v) is 9.08. The number of nitrogens with zero attached hydrogens (tertiary/aromatic N) is 2. The number of para-hydroxylation sites is 2. The lowest BCUT2D eigenvalue weighted by molar-refractivity contribution is 0.306. The molecule has 2 aromatic heterocycles. The molecule has 5 rings (SSSR count). The quantitative estimate of drug-likeness (QED) is 0.312. The van der Waals surface area contributed by atoms with Crippen LogP contribution in [0.4, 0.5) is 0 Å². The fraction of sp³-hybridized carbons (Fsp3) is 0.0435. The van der Waals surface area contributed by atoms with Crippen LogP contribution in [-0.4, -0.2) is 9.38 Å². The largest absolute Gasteiger partial charge is 0.487 e. The third kappa shape index (κ3) is 3.79. The Morgan fingerprint density at radius 2 is 1.77 bits per heavy atom. The Morgan fingerprint density at radius 3 is 2.61 bits per heavy atom. The molecule has 0 saturated carbocycles. The summed E-state index contributed by atoms with van der Waals surface area (Å²) in [6, 6.07) is 18.3. The van der Waals surface area contributed by atoms with Crippen molar-refractivity contribution in [3.8, 4) is 5.75 Å². The van der Waals surface area contributed by atoms with E-state index in [0.717, 1.165) is 16.6 Å². The van der Waals surface area contributed by atoms with Crippen molar-refractivity contribution < 1.29 is 4.74 Å². The number of imidazole rings is 1. The first-order valence-electron chi connectivity index (χ1n) is 9.28.